The summed E-state index contributed by atoms with van der Waals surface area (Å²) in [6, 6.07) is 13.0. The topological polar surface area (TPSA) is 73.6 Å². The van der Waals surface area contributed by atoms with Gasteiger partial charge in [0.05, 0.1) is 17.9 Å². The predicted octanol–water partition coefficient (Wildman–Crippen LogP) is 5.26. The van der Waals surface area contributed by atoms with Gasteiger partial charge >= 0.3 is 5.97 Å². The number of aromatic hydroxyl groups is 1. The van der Waals surface area contributed by atoms with Crippen LogP contribution in [0.15, 0.2) is 60.9 Å². The van der Waals surface area contributed by atoms with Crippen molar-refractivity contribution in [2.45, 2.75) is 13.5 Å². The number of para-hydroxylation sites is 1. The molecule has 2 aromatic heterocycles. The first-order chi connectivity index (χ1) is 15.0. The van der Waals surface area contributed by atoms with Crippen molar-refractivity contribution in [1.82, 2.24) is 9.55 Å². The number of rotatable bonds is 6. The van der Waals surface area contributed by atoms with Crippen LogP contribution in [0.2, 0.25) is 0 Å². The van der Waals surface area contributed by atoms with Gasteiger partial charge in [-0.25, -0.2) is 9.18 Å². The highest BCUT2D eigenvalue weighted by Crippen LogP contribution is 2.37. The number of nitrogens with zero attached hydrogens (tertiary/aromatic N) is 2. The van der Waals surface area contributed by atoms with Gasteiger partial charge in [-0.05, 0) is 37.3 Å². The largest absolute Gasteiger partial charge is 0.507 e. The molecular formula is C24H22ClFN2O4. The van der Waals surface area contributed by atoms with Crippen molar-refractivity contribution in [2.75, 3.05) is 6.61 Å². The second-order valence-corrected chi connectivity index (χ2v) is 6.95. The third kappa shape index (κ3) is 4.24. The summed E-state index contributed by atoms with van der Waals surface area (Å²) in [5.74, 6) is -0.927. The highest BCUT2D eigenvalue weighted by atomic mass is 35.5. The van der Waals surface area contributed by atoms with Crippen LogP contribution in [0.25, 0.3) is 22.0 Å². The van der Waals surface area contributed by atoms with Crippen LogP contribution in [-0.2, 0) is 18.4 Å². The molecule has 1 N–H and O–H groups in total. The maximum atomic E-state index is 14.0. The summed E-state index contributed by atoms with van der Waals surface area (Å²) in [5, 5.41) is 11.2. The summed E-state index contributed by atoms with van der Waals surface area (Å²) in [5.41, 5.74) is 2.82. The summed E-state index contributed by atoms with van der Waals surface area (Å²) in [7, 11) is 1.79. The number of phenolic OH excluding ortho intramolecular Hbond substituents is 1. The zero-order valence-corrected chi connectivity index (χ0v) is 18.4. The molecule has 0 amide bonds. The second kappa shape index (κ2) is 9.70. The lowest BCUT2D eigenvalue weighted by Gasteiger charge is -2.10. The van der Waals surface area contributed by atoms with Crippen LogP contribution >= 0.6 is 12.4 Å². The van der Waals surface area contributed by atoms with E-state index < -0.39 is 11.8 Å². The number of ether oxygens (including phenoxy) is 2. The molecule has 8 heteroatoms. The predicted molar refractivity (Wildman–Crippen MR) is 122 cm³/mol. The molecule has 0 saturated carbocycles. The lowest BCUT2D eigenvalue weighted by atomic mass is 10.0. The number of esters is 1. The Hall–Kier alpha value is -3.58. The number of aryl methyl sites for hydroxylation is 1. The summed E-state index contributed by atoms with van der Waals surface area (Å²) in [6.07, 6.45) is 3.30. The van der Waals surface area contributed by atoms with E-state index >= 15 is 0 Å². The molecule has 0 radical (unpaired) electrons. The highest BCUT2D eigenvalue weighted by molar-refractivity contribution is 6.07. The molecular weight excluding hydrogens is 435 g/mol. The van der Waals surface area contributed by atoms with Crippen molar-refractivity contribution in [3.05, 3.63) is 78.0 Å². The van der Waals surface area contributed by atoms with Crippen molar-refractivity contribution in [3.63, 3.8) is 0 Å². The van der Waals surface area contributed by atoms with Gasteiger partial charge in [-0.15, -0.1) is 12.4 Å². The number of hydrogen-bond donors (Lipinski definition) is 1. The summed E-state index contributed by atoms with van der Waals surface area (Å²) < 4.78 is 26.7. The number of aromatic nitrogens is 2. The molecule has 2 aromatic carbocycles. The van der Waals surface area contributed by atoms with E-state index in [0.717, 1.165) is 5.56 Å². The molecule has 0 aliphatic carbocycles. The number of halogens is 2. The van der Waals surface area contributed by atoms with Gasteiger partial charge in [0.1, 0.15) is 12.4 Å². The van der Waals surface area contributed by atoms with Crippen LogP contribution < -0.4 is 4.74 Å². The van der Waals surface area contributed by atoms with Crippen LogP contribution in [0.3, 0.4) is 0 Å². The van der Waals surface area contributed by atoms with Gasteiger partial charge in [0.15, 0.2) is 11.6 Å². The number of phenols is 1. The standard InChI is InChI=1S/C24H21FN2O4.ClH/c1-3-30-24(29)23-17-12-21(28)16(15-7-6-10-26-13-15)11-19(17)27(2)20(23)14-31-22-9-5-4-8-18(22)25;/h4-13,28H,3,14H2,1-2H3;1H. The van der Waals surface area contributed by atoms with Gasteiger partial charge in [-0.3, -0.25) is 4.98 Å². The van der Waals surface area contributed by atoms with Crippen molar-refractivity contribution >= 4 is 29.3 Å². The van der Waals surface area contributed by atoms with E-state index in [4.69, 9.17) is 9.47 Å². The number of pyridine rings is 1. The van der Waals surface area contributed by atoms with E-state index in [1.165, 1.54) is 18.2 Å². The molecule has 0 aliphatic rings. The second-order valence-electron chi connectivity index (χ2n) is 6.95. The molecule has 0 bridgehead atoms. The van der Waals surface area contributed by atoms with Crippen molar-refractivity contribution in [2.24, 2.45) is 7.05 Å². The monoisotopic (exact) mass is 456 g/mol. The minimum Gasteiger partial charge on any atom is -0.507 e. The van der Waals surface area contributed by atoms with Gasteiger partial charge in [-0.2, -0.15) is 0 Å². The van der Waals surface area contributed by atoms with Gasteiger partial charge in [0, 0.05) is 41.5 Å². The Morgan fingerprint density at radius 2 is 1.97 bits per heavy atom. The normalized spacial score (nSPS) is 10.6. The molecule has 0 unspecified atom stereocenters. The Labute approximate surface area is 190 Å². The Balaban J connectivity index is 0.00000289. The van der Waals surface area contributed by atoms with Gasteiger partial charge in [0.2, 0.25) is 0 Å². The lowest BCUT2D eigenvalue weighted by Crippen LogP contribution is -2.11. The molecule has 0 spiro atoms. The van der Waals surface area contributed by atoms with Gasteiger partial charge in [-0.1, -0.05) is 18.2 Å². The first kappa shape index (κ1) is 23.1. The van der Waals surface area contributed by atoms with Crippen LogP contribution in [0.5, 0.6) is 11.5 Å². The molecule has 2 heterocycles. The Morgan fingerprint density at radius 3 is 2.66 bits per heavy atom. The molecule has 166 valence electrons. The van der Waals surface area contributed by atoms with Crippen LogP contribution in [0.4, 0.5) is 4.39 Å². The van der Waals surface area contributed by atoms with Gasteiger partial charge in [0.25, 0.3) is 0 Å². The molecule has 6 nitrogen and oxygen atoms in total. The number of fused-ring (bicyclic) bond motifs is 1. The summed E-state index contributed by atoms with van der Waals surface area (Å²) >= 11 is 0. The fraction of sp³-hybridized carbons (Fsp3) is 0.167. The Bertz CT molecular complexity index is 1260. The molecule has 0 aliphatic heterocycles. The number of carbonyl (C=O) groups is 1. The number of hydrogen-bond acceptors (Lipinski definition) is 5. The summed E-state index contributed by atoms with van der Waals surface area (Å²) in [4.78, 5) is 16.9. The smallest absolute Gasteiger partial charge is 0.340 e. The SMILES string of the molecule is CCOC(=O)c1c(COc2ccccc2F)n(C)c2cc(-c3cccnc3)c(O)cc12.Cl. The Morgan fingerprint density at radius 1 is 1.19 bits per heavy atom. The molecule has 0 atom stereocenters. The molecule has 32 heavy (non-hydrogen) atoms. The van der Waals surface area contributed by atoms with E-state index in [-0.39, 0.29) is 42.7 Å². The summed E-state index contributed by atoms with van der Waals surface area (Å²) in [6.45, 7) is 1.86. The van der Waals surface area contributed by atoms with Gasteiger partial charge < -0.3 is 19.1 Å². The lowest BCUT2D eigenvalue weighted by molar-refractivity contribution is 0.0525. The van der Waals surface area contributed by atoms with Crippen molar-refractivity contribution < 1.29 is 23.8 Å². The van der Waals surface area contributed by atoms with Crippen LogP contribution in [0.1, 0.15) is 23.0 Å². The van der Waals surface area contributed by atoms with Crippen molar-refractivity contribution in [3.8, 4) is 22.6 Å². The van der Waals surface area contributed by atoms with Crippen LogP contribution in [0, 0.1) is 5.82 Å². The zero-order chi connectivity index (χ0) is 22.0. The minimum atomic E-state index is -0.534. The van der Waals surface area contributed by atoms with E-state index in [1.54, 1.807) is 55.2 Å². The minimum absolute atomic E-state index is 0. The van der Waals surface area contributed by atoms with Crippen LogP contribution in [-0.4, -0.2) is 27.2 Å². The fourth-order valence-corrected chi connectivity index (χ4v) is 3.58. The number of carbonyl (C=O) groups excluding carboxylic acids is 1. The van der Waals surface area contributed by atoms with E-state index in [1.807, 2.05) is 6.07 Å². The maximum absolute atomic E-state index is 14.0. The quantitative estimate of drug-likeness (QED) is 0.400. The third-order valence-corrected chi connectivity index (χ3v) is 5.09. The Kier molecular flexibility index (Phi) is 7.00. The molecule has 0 fully saturated rings. The fourth-order valence-electron chi connectivity index (χ4n) is 3.58. The third-order valence-electron chi connectivity index (χ3n) is 5.09. The van der Waals surface area contributed by atoms with E-state index in [9.17, 15) is 14.3 Å². The van der Waals surface area contributed by atoms with E-state index in [2.05, 4.69) is 4.98 Å². The first-order valence-corrected chi connectivity index (χ1v) is 9.80. The highest BCUT2D eigenvalue weighted by Gasteiger charge is 2.24. The average molecular weight is 457 g/mol. The zero-order valence-electron chi connectivity index (χ0n) is 17.5. The average Bonchev–Trinajstić information content (AvgIpc) is 3.04. The molecule has 0 saturated heterocycles. The molecule has 4 rings (SSSR count). The maximum Gasteiger partial charge on any atom is 0.340 e. The first-order valence-electron chi connectivity index (χ1n) is 9.80. The van der Waals surface area contributed by atoms with Crippen molar-refractivity contribution in [1.29, 1.82) is 0 Å². The number of benzene rings is 2. The van der Waals surface area contributed by atoms with E-state index in [0.29, 0.717) is 22.2 Å². The molecule has 4 aromatic rings.